The van der Waals surface area contributed by atoms with E-state index >= 15 is 0 Å². The summed E-state index contributed by atoms with van der Waals surface area (Å²) in [7, 11) is 0. The third kappa shape index (κ3) is 10.7. The van der Waals surface area contributed by atoms with Crippen molar-refractivity contribution in [1.29, 1.82) is 0 Å². The predicted octanol–water partition coefficient (Wildman–Crippen LogP) is 2.45. The van der Waals surface area contributed by atoms with Gasteiger partial charge in [0, 0.05) is 25.6 Å². The molecule has 0 saturated heterocycles. The van der Waals surface area contributed by atoms with Crippen LogP contribution in [-0.2, 0) is 4.79 Å². The van der Waals surface area contributed by atoms with Gasteiger partial charge in [0.2, 0.25) is 5.91 Å². The molecular formula is C20H35IN4O3. The average Bonchev–Trinajstić information content (AvgIpc) is 2.62. The fraction of sp³-hybridized carbons (Fsp3) is 0.600. The quantitative estimate of drug-likeness (QED) is 0.169. The maximum Gasteiger partial charge on any atom is 0.222 e. The van der Waals surface area contributed by atoms with Gasteiger partial charge in [-0.1, -0.05) is 26.0 Å². The second kappa shape index (κ2) is 14.4. The number of benzene rings is 1. The van der Waals surface area contributed by atoms with Crippen molar-refractivity contribution in [1.82, 2.24) is 16.0 Å². The van der Waals surface area contributed by atoms with Crippen LogP contribution in [0.4, 0.5) is 0 Å². The van der Waals surface area contributed by atoms with Gasteiger partial charge in [0.25, 0.3) is 0 Å². The van der Waals surface area contributed by atoms with Crippen molar-refractivity contribution < 1.29 is 14.6 Å². The van der Waals surface area contributed by atoms with Crippen molar-refractivity contribution in [3.63, 3.8) is 0 Å². The minimum absolute atomic E-state index is 0. The Balaban J connectivity index is 0.00000729. The molecule has 0 spiro atoms. The van der Waals surface area contributed by atoms with Gasteiger partial charge >= 0.3 is 0 Å². The number of aliphatic hydroxyl groups is 1. The summed E-state index contributed by atoms with van der Waals surface area (Å²) in [4.78, 5) is 16.0. The molecule has 7 nitrogen and oxygen atoms in total. The SMILES string of the molecule is CCNC(=NCC(O)c1cccc(OC(C)C)c1)NCCNC(=O)C(C)C.I. The lowest BCUT2D eigenvalue weighted by molar-refractivity contribution is -0.123. The van der Waals surface area contributed by atoms with E-state index in [1.165, 1.54) is 0 Å². The zero-order valence-electron chi connectivity index (χ0n) is 17.5. The molecule has 0 bridgehead atoms. The van der Waals surface area contributed by atoms with Crippen LogP contribution in [0.5, 0.6) is 5.75 Å². The van der Waals surface area contributed by atoms with Crippen molar-refractivity contribution in [3.05, 3.63) is 29.8 Å². The number of hydrogen-bond donors (Lipinski definition) is 4. The lowest BCUT2D eigenvalue weighted by Crippen LogP contribution is -2.42. The number of nitrogens with one attached hydrogen (secondary N) is 3. The van der Waals surface area contributed by atoms with Gasteiger partial charge in [0.15, 0.2) is 5.96 Å². The van der Waals surface area contributed by atoms with Crippen LogP contribution in [0.3, 0.4) is 0 Å². The van der Waals surface area contributed by atoms with Crippen LogP contribution < -0.4 is 20.7 Å². The predicted molar refractivity (Wildman–Crippen MR) is 124 cm³/mol. The van der Waals surface area contributed by atoms with Crippen LogP contribution in [0, 0.1) is 5.92 Å². The summed E-state index contributed by atoms with van der Waals surface area (Å²) in [6, 6.07) is 7.43. The lowest BCUT2D eigenvalue weighted by atomic mass is 10.1. The zero-order valence-corrected chi connectivity index (χ0v) is 19.8. The molecule has 1 atom stereocenters. The first kappa shape index (κ1) is 26.4. The molecular weight excluding hydrogens is 471 g/mol. The number of guanidine groups is 1. The van der Waals surface area contributed by atoms with Crippen LogP contribution in [-0.4, -0.2) is 49.3 Å². The second-order valence-corrected chi connectivity index (χ2v) is 6.85. The molecule has 1 aromatic rings. The second-order valence-electron chi connectivity index (χ2n) is 6.85. The van der Waals surface area contributed by atoms with Crippen molar-refractivity contribution in [2.24, 2.45) is 10.9 Å². The highest BCUT2D eigenvalue weighted by Gasteiger charge is 2.10. The Kier molecular flexibility index (Phi) is 13.6. The van der Waals surface area contributed by atoms with E-state index in [1.807, 2.05) is 58.9 Å². The van der Waals surface area contributed by atoms with Gasteiger partial charge in [-0.3, -0.25) is 9.79 Å². The molecule has 1 aromatic carbocycles. The zero-order chi connectivity index (χ0) is 20.2. The maximum absolute atomic E-state index is 11.6. The molecule has 8 heteroatoms. The van der Waals surface area contributed by atoms with Crippen molar-refractivity contribution in [2.45, 2.75) is 46.8 Å². The van der Waals surface area contributed by atoms with Gasteiger partial charge in [-0.25, -0.2) is 0 Å². The Hall–Kier alpha value is -1.55. The Morgan fingerprint density at radius 3 is 2.43 bits per heavy atom. The highest BCUT2D eigenvalue weighted by atomic mass is 127. The van der Waals surface area contributed by atoms with Gasteiger partial charge in [0.1, 0.15) is 5.75 Å². The fourth-order valence-corrected chi connectivity index (χ4v) is 2.26. The smallest absolute Gasteiger partial charge is 0.222 e. The largest absolute Gasteiger partial charge is 0.491 e. The van der Waals surface area contributed by atoms with E-state index in [0.29, 0.717) is 25.6 Å². The van der Waals surface area contributed by atoms with E-state index in [2.05, 4.69) is 20.9 Å². The Morgan fingerprint density at radius 1 is 1.14 bits per heavy atom. The van der Waals surface area contributed by atoms with Crippen LogP contribution in [0.15, 0.2) is 29.3 Å². The van der Waals surface area contributed by atoms with E-state index < -0.39 is 6.10 Å². The molecule has 1 rings (SSSR count). The number of nitrogens with zero attached hydrogens (tertiary/aromatic N) is 1. The number of carbonyl (C=O) groups excluding carboxylic acids is 1. The van der Waals surface area contributed by atoms with Crippen LogP contribution in [0.1, 0.15) is 46.3 Å². The molecule has 0 fully saturated rings. The highest BCUT2D eigenvalue weighted by Crippen LogP contribution is 2.20. The van der Waals surface area contributed by atoms with Gasteiger partial charge in [-0.2, -0.15) is 0 Å². The molecule has 1 unspecified atom stereocenters. The Bertz CT molecular complexity index is 609. The highest BCUT2D eigenvalue weighted by molar-refractivity contribution is 14.0. The number of aliphatic hydroxyl groups excluding tert-OH is 1. The summed E-state index contributed by atoms with van der Waals surface area (Å²) >= 11 is 0. The minimum Gasteiger partial charge on any atom is -0.491 e. The number of carbonyl (C=O) groups is 1. The van der Waals surface area contributed by atoms with Crippen LogP contribution in [0.25, 0.3) is 0 Å². The first-order valence-corrected chi connectivity index (χ1v) is 9.58. The van der Waals surface area contributed by atoms with Crippen LogP contribution in [0.2, 0.25) is 0 Å². The summed E-state index contributed by atoms with van der Waals surface area (Å²) in [6.45, 7) is 11.6. The number of amides is 1. The number of ether oxygens (including phenoxy) is 1. The molecule has 0 aliphatic rings. The monoisotopic (exact) mass is 506 g/mol. The summed E-state index contributed by atoms with van der Waals surface area (Å²) in [5.74, 6) is 1.33. The van der Waals surface area contributed by atoms with E-state index in [4.69, 9.17) is 4.74 Å². The van der Waals surface area contributed by atoms with Crippen LogP contribution >= 0.6 is 24.0 Å². The van der Waals surface area contributed by atoms with Gasteiger partial charge in [-0.05, 0) is 38.5 Å². The Morgan fingerprint density at radius 2 is 1.82 bits per heavy atom. The first-order valence-electron chi connectivity index (χ1n) is 9.58. The third-order valence-electron chi connectivity index (χ3n) is 3.62. The standard InChI is InChI=1S/C20H34N4O3.HI/c1-6-21-20(23-11-10-22-19(26)14(2)3)24-13-18(25)16-8-7-9-17(12-16)27-15(4)5;/h7-9,12,14-15,18,25H,6,10-11,13H2,1-5H3,(H,22,26)(H2,21,23,24);1H. The van der Waals surface area contributed by atoms with Gasteiger partial charge in [0.05, 0.1) is 18.8 Å². The topological polar surface area (TPSA) is 95.0 Å². The minimum atomic E-state index is -0.725. The fourth-order valence-electron chi connectivity index (χ4n) is 2.26. The normalized spacial score (nSPS) is 12.4. The number of hydrogen-bond acceptors (Lipinski definition) is 4. The average molecular weight is 506 g/mol. The molecule has 4 N–H and O–H groups in total. The summed E-state index contributed by atoms with van der Waals surface area (Å²) in [5, 5.41) is 19.5. The molecule has 0 aliphatic carbocycles. The summed E-state index contributed by atoms with van der Waals surface area (Å²) < 4.78 is 5.66. The lowest BCUT2D eigenvalue weighted by Gasteiger charge is -2.15. The molecule has 0 heterocycles. The molecule has 0 saturated carbocycles. The van der Waals surface area contributed by atoms with E-state index in [1.54, 1.807) is 0 Å². The number of aliphatic imine (C=N–C) groups is 1. The summed E-state index contributed by atoms with van der Waals surface area (Å²) in [5.41, 5.74) is 0.761. The molecule has 28 heavy (non-hydrogen) atoms. The van der Waals surface area contributed by atoms with E-state index in [-0.39, 0.29) is 48.5 Å². The molecule has 0 aromatic heterocycles. The van der Waals surface area contributed by atoms with E-state index in [9.17, 15) is 9.90 Å². The number of rotatable bonds is 10. The van der Waals surface area contributed by atoms with E-state index in [0.717, 1.165) is 11.3 Å². The molecule has 160 valence electrons. The Labute approximate surface area is 185 Å². The third-order valence-corrected chi connectivity index (χ3v) is 3.62. The maximum atomic E-state index is 11.6. The number of halogens is 1. The van der Waals surface area contributed by atoms with Crippen molar-refractivity contribution in [3.8, 4) is 5.75 Å². The molecule has 0 aliphatic heterocycles. The van der Waals surface area contributed by atoms with Crippen molar-refractivity contribution >= 4 is 35.8 Å². The van der Waals surface area contributed by atoms with Crippen molar-refractivity contribution in [2.75, 3.05) is 26.2 Å². The van der Waals surface area contributed by atoms with Gasteiger partial charge < -0.3 is 25.8 Å². The summed E-state index contributed by atoms with van der Waals surface area (Å²) in [6.07, 6.45) is -0.645. The molecule has 1 amide bonds. The first-order chi connectivity index (χ1) is 12.8. The molecule has 0 radical (unpaired) electrons. The van der Waals surface area contributed by atoms with Gasteiger partial charge in [-0.15, -0.1) is 24.0 Å².